The lowest BCUT2D eigenvalue weighted by atomic mass is 10.0. The highest BCUT2D eigenvalue weighted by atomic mass is 35.5. The molecule has 0 spiro atoms. The molecule has 4 nitrogen and oxygen atoms in total. The van der Waals surface area contributed by atoms with Crippen LogP contribution in [0.3, 0.4) is 0 Å². The molecule has 5 heteroatoms. The Bertz CT molecular complexity index is 783. The fourth-order valence-electron chi connectivity index (χ4n) is 2.25. The van der Waals surface area contributed by atoms with Crippen molar-refractivity contribution in [2.24, 2.45) is 0 Å². The highest BCUT2D eigenvalue weighted by Crippen LogP contribution is 2.40. The molecule has 0 bridgehead atoms. The third-order valence-corrected chi connectivity index (χ3v) is 3.43. The second-order valence-corrected chi connectivity index (χ2v) is 4.92. The number of aromatic nitrogens is 1. The van der Waals surface area contributed by atoms with E-state index >= 15 is 0 Å². The van der Waals surface area contributed by atoms with Gasteiger partial charge in [0.25, 0.3) is 0 Å². The second kappa shape index (κ2) is 5.50. The van der Waals surface area contributed by atoms with Crippen molar-refractivity contribution < 1.29 is 9.26 Å². The summed E-state index contributed by atoms with van der Waals surface area (Å²) in [6.45, 7) is 0. The predicted octanol–water partition coefficient (Wildman–Crippen LogP) is 4.25. The minimum Gasteiger partial charge on any atom is -0.496 e. The average Bonchev–Trinajstić information content (AvgIpc) is 2.88. The Labute approximate surface area is 127 Å². The number of nitrogens with zero attached hydrogens (tertiary/aromatic N) is 1. The lowest BCUT2D eigenvalue weighted by Crippen LogP contribution is -1.91. The zero-order valence-corrected chi connectivity index (χ0v) is 12.1. The standard InChI is InChI=1S/C16H13ClN2O2/c1-20-13-8-3-2-7-12(13)15-14(16(18)21-19-15)10-5-4-6-11(17)9-10/h2-9H,18H2,1H3. The van der Waals surface area contributed by atoms with Gasteiger partial charge in [-0.3, -0.25) is 0 Å². The minimum atomic E-state index is 0.248. The van der Waals surface area contributed by atoms with Crippen LogP contribution in [0.1, 0.15) is 0 Å². The summed E-state index contributed by atoms with van der Waals surface area (Å²) in [4.78, 5) is 0. The summed E-state index contributed by atoms with van der Waals surface area (Å²) < 4.78 is 10.5. The van der Waals surface area contributed by atoms with Gasteiger partial charge in [-0.25, -0.2) is 0 Å². The first-order valence-corrected chi connectivity index (χ1v) is 6.73. The number of hydrogen-bond acceptors (Lipinski definition) is 4. The number of nitrogens with two attached hydrogens (primary N) is 1. The zero-order chi connectivity index (χ0) is 14.8. The number of methoxy groups -OCH3 is 1. The van der Waals surface area contributed by atoms with E-state index in [-0.39, 0.29) is 5.88 Å². The molecule has 0 radical (unpaired) electrons. The second-order valence-electron chi connectivity index (χ2n) is 4.48. The molecule has 0 fully saturated rings. The fourth-order valence-corrected chi connectivity index (χ4v) is 2.44. The molecule has 0 saturated carbocycles. The van der Waals surface area contributed by atoms with Gasteiger partial charge in [0.1, 0.15) is 11.4 Å². The van der Waals surface area contributed by atoms with Crippen LogP contribution in [-0.4, -0.2) is 12.3 Å². The van der Waals surface area contributed by atoms with Crippen LogP contribution in [-0.2, 0) is 0 Å². The van der Waals surface area contributed by atoms with Crippen molar-refractivity contribution in [2.45, 2.75) is 0 Å². The van der Waals surface area contributed by atoms with E-state index in [1.165, 1.54) is 0 Å². The van der Waals surface area contributed by atoms with Crippen molar-refractivity contribution >= 4 is 17.5 Å². The molecule has 21 heavy (non-hydrogen) atoms. The lowest BCUT2D eigenvalue weighted by molar-refractivity contribution is 0.414. The molecule has 106 valence electrons. The average molecular weight is 301 g/mol. The molecule has 0 unspecified atom stereocenters. The van der Waals surface area contributed by atoms with E-state index in [2.05, 4.69) is 5.16 Å². The van der Waals surface area contributed by atoms with Crippen molar-refractivity contribution in [3.8, 4) is 28.1 Å². The third kappa shape index (κ3) is 2.45. The summed E-state index contributed by atoms with van der Waals surface area (Å²) in [5.74, 6) is 0.951. The van der Waals surface area contributed by atoms with Gasteiger partial charge in [0.2, 0.25) is 5.88 Å². The first-order valence-electron chi connectivity index (χ1n) is 6.35. The number of nitrogen functional groups attached to an aromatic ring is 1. The molecule has 0 saturated heterocycles. The van der Waals surface area contributed by atoms with Gasteiger partial charge >= 0.3 is 0 Å². The van der Waals surface area contributed by atoms with Gasteiger partial charge in [-0.05, 0) is 29.8 Å². The molecule has 3 aromatic rings. The first-order chi connectivity index (χ1) is 10.2. The largest absolute Gasteiger partial charge is 0.496 e. The van der Waals surface area contributed by atoms with Gasteiger partial charge in [-0.2, -0.15) is 0 Å². The number of benzene rings is 2. The van der Waals surface area contributed by atoms with Crippen molar-refractivity contribution in [3.05, 3.63) is 53.6 Å². The van der Waals surface area contributed by atoms with Crippen molar-refractivity contribution in [1.29, 1.82) is 0 Å². The monoisotopic (exact) mass is 300 g/mol. The van der Waals surface area contributed by atoms with Crippen LogP contribution in [0, 0.1) is 0 Å². The summed E-state index contributed by atoms with van der Waals surface area (Å²) in [7, 11) is 1.61. The van der Waals surface area contributed by atoms with E-state index < -0.39 is 0 Å². The minimum absolute atomic E-state index is 0.248. The molecule has 0 amide bonds. The number of para-hydroxylation sites is 1. The molecule has 2 aromatic carbocycles. The number of ether oxygens (including phenoxy) is 1. The lowest BCUT2D eigenvalue weighted by Gasteiger charge is -2.07. The van der Waals surface area contributed by atoms with Crippen molar-refractivity contribution in [3.63, 3.8) is 0 Å². The molecule has 0 atom stereocenters. The molecule has 3 rings (SSSR count). The molecular formula is C16H13ClN2O2. The Morgan fingerprint density at radius 2 is 1.95 bits per heavy atom. The van der Waals surface area contributed by atoms with Crippen molar-refractivity contribution in [2.75, 3.05) is 12.8 Å². The normalized spacial score (nSPS) is 10.6. The number of halogens is 1. The molecular weight excluding hydrogens is 288 g/mol. The van der Waals surface area contributed by atoms with Crippen LogP contribution in [0.5, 0.6) is 5.75 Å². The third-order valence-electron chi connectivity index (χ3n) is 3.19. The SMILES string of the molecule is COc1ccccc1-c1noc(N)c1-c1cccc(Cl)c1. The van der Waals surface area contributed by atoms with Gasteiger partial charge < -0.3 is 15.0 Å². The van der Waals surface area contributed by atoms with Gasteiger partial charge in [0.05, 0.1) is 12.7 Å². The molecule has 1 heterocycles. The number of rotatable bonds is 3. The Hall–Kier alpha value is -2.46. The van der Waals surface area contributed by atoms with E-state index in [0.717, 1.165) is 11.1 Å². The van der Waals surface area contributed by atoms with Gasteiger partial charge in [-0.15, -0.1) is 0 Å². The molecule has 0 aliphatic carbocycles. The summed E-state index contributed by atoms with van der Waals surface area (Å²) in [5, 5.41) is 4.70. The summed E-state index contributed by atoms with van der Waals surface area (Å²) >= 11 is 6.05. The Kier molecular flexibility index (Phi) is 3.54. The van der Waals surface area contributed by atoms with Crippen LogP contribution >= 0.6 is 11.6 Å². The van der Waals surface area contributed by atoms with Gasteiger partial charge in [0.15, 0.2) is 0 Å². The Morgan fingerprint density at radius 3 is 2.71 bits per heavy atom. The quantitative estimate of drug-likeness (QED) is 0.785. The van der Waals surface area contributed by atoms with Crippen molar-refractivity contribution in [1.82, 2.24) is 5.16 Å². The van der Waals surface area contributed by atoms with Crippen LogP contribution in [0.2, 0.25) is 5.02 Å². The smallest absolute Gasteiger partial charge is 0.230 e. The number of anilines is 1. The first kappa shape index (κ1) is 13.5. The summed E-state index contributed by atoms with van der Waals surface area (Å²) in [5.41, 5.74) is 8.95. The van der Waals surface area contributed by atoms with E-state index in [1.807, 2.05) is 42.5 Å². The highest BCUT2D eigenvalue weighted by molar-refractivity contribution is 6.30. The Morgan fingerprint density at radius 1 is 1.14 bits per heavy atom. The zero-order valence-electron chi connectivity index (χ0n) is 11.3. The number of hydrogen-bond donors (Lipinski definition) is 1. The van der Waals surface area contributed by atoms with E-state index in [9.17, 15) is 0 Å². The Balaban J connectivity index is 2.22. The summed E-state index contributed by atoms with van der Waals surface area (Å²) in [6.07, 6.45) is 0. The van der Waals surface area contributed by atoms with E-state index in [1.54, 1.807) is 13.2 Å². The van der Waals surface area contributed by atoms with Crippen LogP contribution in [0.15, 0.2) is 53.1 Å². The maximum absolute atomic E-state index is 6.05. The van der Waals surface area contributed by atoms with Gasteiger partial charge in [0, 0.05) is 10.6 Å². The summed E-state index contributed by atoms with van der Waals surface area (Å²) in [6, 6.07) is 15.0. The molecule has 2 N–H and O–H groups in total. The van der Waals surface area contributed by atoms with Crippen LogP contribution < -0.4 is 10.5 Å². The van der Waals surface area contributed by atoms with Gasteiger partial charge in [-0.1, -0.05) is 41.0 Å². The van der Waals surface area contributed by atoms with Crippen LogP contribution in [0.25, 0.3) is 22.4 Å². The maximum atomic E-state index is 6.05. The van der Waals surface area contributed by atoms with Crippen LogP contribution in [0.4, 0.5) is 5.88 Å². The highest BCUT2D eigenvalue weighted by Gasteiger charge is 2.20. The predicted molar refractivity (Wildman–Crippen MR) is 83.3 cm³/mol. The topological polar surface area (TPSA) is 61.3 Å². The fraction of sp³-hybridized carbons (Fsp3) is 0.0625. The molecule has 1 aromatic heterocycles. The maximum Gasteiger partial charge on any atom is 0.230 e. The van der Waals surface area contributed by atoms with E-state index in [0.29, 0.717) is 22.0 Å². The van der Waals surface area contributed by atoms with E-state index in [4.69, 9.17) is 26.6 Å². The molecule has 0 aliphatic heterocycles. The molecule has 0 aliphatic rings.